The summed E-state index contributed by atoms with van der Waals surface area (Å²) in [5.41, 5.74) is 3.84. The molecule has 5 aromatic rings. The minimum atomic E-state index is -0.795. The van der Waals surface area contributed by atoms with Crippen LogP contribution in [0.3, 0.4) is 0 Å². The number of H-pyrrole nitrogens is 1. The van der Waals surface area contributed by atoms with E-state index < -0.39 is 12.0 Å². The molecular weight excluding hydrogens is 510 g/mol. The van der Waals surface area contributed by atoms with Gasteiger partial charge in [0.25, 0.3) is 5.56 Å². The average molecular weight is 536 g/mol. The average Bonchev–Trinajstić information content (AvgIpc) is 3.53. The van der Waals surface area contributed by atoms with Crippen LogP contribution < -0.4 is 19.6 Å². The predicted octanol–water partition coefficient (Wildman–Crippen LogP) is 4.43. The second-order valence-corrected chi connectivity index (χ2v) is 9.97. The summed E-state index contributed by atoms with van der Waals surface area (Å²) in [4.78, 5) is 36.3. The first-order chi connectivity index (χ1) is 19.1. The maximum Gasteiger partial charge on any atom is 0.338 e. The number of carbonyl (C=O) groups excluding carboxylic acids is 1. The molecule has 8 heteroatoms. The molecule has 0 spiro atoms. The van der Waals surface area contributed by atoms with E-state index in [1.54, 1.807) is 18.6 Å². The molecule has 1 unspecified atom stereocenters. The van der Waals surface area contributed by atoms with E-state index in [-0.39, 0.29) is 12.2 Å². The van der Waals surface area contributed by atoms with Gasteiger partial charge in [-0.3, -0.25) is 9.36 Å². The van der Waals surface area contributed by atoms with E-state index in [1.165, 1.54) is 11.3 Å². The third-order valence-corrected chi connectivity index (χ3v) is 7.70. The van der Waals surface area contributed by atoms with Gasteiger partial charge in [0.15, 0.2) is 4.80 Å². The van der Waals surface area contributed by atoms with Gasteiger partial charge < -0.3 is 14.5 Å². The van der Waals surface area contributed by atoms with Crippen LogP contribution in [0.5, 0.6) is 5.75 Å². The number of rotatable bonds is 6. The van der Waals surface area contributed by atoms with Crippen molar-refractivity contribution in [2.75, 3.05) is 13.7 Å². The van der Waals surface area contributed by atoms with Gasteiger partial charge in [-0.25, -0.2) is 9.79 Å². The highest BCUT2D eigenvalue weighted by molar-refractivity contribution is 7.07. The molecule has 0 aliphatic carbocycles. The van der Waals surface area contributed by atoms with E-state index in [9.17, 15) is 9.59 Å². The molecule has 0 amide bonds. The molecule has 1 aliphatic rings. The van der Waals surface area contributed by atoms with Crippen molar-refractivity contribution >= 4 is 40.0 Å². The van der Waals surface area contributed by atoms with Crippen LogP contribution in [-0.4, -0.2) is 29.2 Å². The number of thiazole rings is 1. The van der Waals surface area contributed by atoms with E-state index in [4.69, 9.17) is 14.5 Å². The number of fused-ring (bicyclic) bond motifs is 2. The lowest BCUT2D eigenvalue weighted by Gasteiger charge is -2.27. The maximum atomic E-state index is 14.1. The molecule has 194 valence electrons. The molecule has 1 atom stereocenters. The first kappa shape index (κ1) is 24.6. The van der Waals surface area contributed by atoms with Gasteiger partial charge in [-0.15, -0.1) is 0 Å². The van der Waals surface area contributed by atoms with Crippen molar-refractivity contribution in [2.24, 2.45) is 4.99 Å². The quantitative estimate of drug-likeness (QED) is 0.326. The van der Waals surface area contributed by atoms with Crippen LogP contribution in [0.2, 0.25) is 0 Å². The second-order valence-electron chi connectivity index (χ2n) is 8.96. The SMILES string of the molecule is CCOC(=O)C1=C(c2ccccc2)N=c2s/c(=C\c3c[nH]c4ccccc34)c(=O)n2C1c1ccccc1OC. The Hall–Kier alpha value is -4.69. The van der Waals surface area contributed by atoms with Crippen molar-refractivity contribution in [3.05, 3.63) is 127 Å². The number of benzene rings is 3. The zero-order valence-corrected chi connectivity index (χ0v) is 22.2. The fourth-order valence-electron chi connectivity index (χ4n) is 4.98. The van der Waals surface area contributed by atoms with Crippen LogP contribution in [0.15, 0.2) is 100 Å². The molecule has 7 nitrogen and oxygen atoms in total. The van der Waals surface area contributed by atoms with Crippen LogP contribution in [0.1, 0.15) is 29.7 Å². The summed E-state index contributed by atoms with van der Waals surface area (Å²) in [5, 5.41) is 1.02. The van der Waals surface area contributed by atoms with Crippen molar-refractivity contribution < 1.29 is 14.3 Å². The Bertz CT molecular complexity index is 1910. The molecule has 3 heterocycles. The Morgan fingerprint density at radius 2 is 1.79 bits per heavy atom. The number of ether oxygens (including phenoxy) is 2. The van der Waals surface area contributed by atoms with Gasteiger partial charge in [0.1, 0.15) is 11.8 Å². The highest BCUT2D eigenvalue weighted by Crippen LogP contribution is 2.38. The molecule has 1 aliphatic heterocycles. The summed E-state index contributed by atoms with van der Waals surface area (Å²) in [5.74, 6) is 0.0340. The Labute approximate surface area is 228 Å². The molecule has 39 heavy (non-hydrogen) atoms. The van der Waals surface area contributed by atoms with Crippen molar-refractivity contribution in [2.45, 2.75) is 13.0 Å². The second kappa shape index (κ2) is 10.2. The summed E-state index contributed by atoms with van der Waals surface area (Å²) >= 11 is 1.29. The number of hydrogen-bond acceptors (Lipinski definition) is 6. The van der Waals surface area contributed by atoms with E-state index in [2.05, 4.69) is 4.98 Å². The van der Waals surface area contributed by atoms with Crippen molar-refractivity contribution in [3.63, 3.8) is 0 Å². The van der Waals surface area contributed by atoms with Gasteiger partial charge in [-0.05, 0) is 25.1 Å². The third-order valence-electron chi connectivity index (χ3n) is 6.72. The van der Waals surface area contributed by atoms with E-state index in [0.29, 0.717) is 31.9 Å². The lowest BCUT2D eigenvalue weighted by molar-refractivity contribution is -0.138. The number of carbonyl (C=O) groups is 1. The highest BCUT2D eigenvalue weighted by atomic mass is 32.1. The number of methoxy groups -OCH3 is 1. The van der Waals surface area contributed by atoms with Crippen LogP contribution >= 0.6 is 11.3 Å². The molecule has 6 rings (SSSR count). The highest BCUT2D eigenvalue weighted by Gasteiger charge is 2.36. The van der Waals surface area contributed by atoms with E-state index >= 15 is 0 Å². The van der Waals surface area contributed by atoms with Crippen molar-refractivity contribution in [1.29, 1.82) is 0 Å². The topological polar surface area (TPSA) is 85.7 Å². The molecule has 0 radical (unpaired) electrons. The number of aromatic nitrogens is 2. The maximum absolute atomic E-state index is 14.1. The summed E-state index contributed by atoms with van der Waals surface area (Å²) in [7, 11) is 1.57. The van der Waals surface area contributed by atoms with Crippen molar-refractivity contribution in [3.8, 4) is 5.75 Å². The van der Waals surface area contributed by atoms with Gasteiger partial charge in [0.2, 0.25) is 0 Å². The van der Waals surface area contributed by atoms with Crippen LogP contribution in [0.25, 0.3) is 22.7 Å². The van der Waals surface area contributed by atoms with E-state index in [1.807, 2.05) is 91.1 Å². The van der Waals surface area contributed by atoms with E-state index in [0.717, 1.165) is 22.0 Å². The van der Waals surface area contributed by atoms with Gasteiger partial charge in [0, 0.05) is 33.8 Å². The largest absolute Gasteiger partial charge is 0.496 e. The third kappa shape index (κ3) is 4.28. The zero-order valence-electron chi connectivity index (χ0n) is 21.4. The molecule has 2 aromatic heterocycles. The lowest BCUT2D eigenvalue weighted by atomic mass is 9.92. The smallest absolute Gasteiger partial charge is 0.338 e. The van der Waals surface area contributed by atoms with Crippen LogP contribution in [0, 0.1) is 0 Å². The summed E-state index contributed by atoms with van der Waals surface area (Å²) in [6, 6.07) is 24.1. The molecule has 0 fully saturated rings. The summed E-state index contributed by atoms with van der Waals surface area (Å²) in [6.07, 6.45) is 3.76. The number of nitrogens with one attached hydrogen (secondary N) is 1. The fourth-order valence-corrected chi connectivity index (χ4v) is 5.97. The van der Waals surface area contributed by atoms with Crippen molar-refractivity contribution in [1.82, 2.24) is 9.55 Å². The number of aromatic amines is 1. The molecule has 3 aromatic carbocycles. The number of esters is 1. The standard InChI is InChI=1S/C31H25N3O4S/c1-3-38-30(36)26-27(19-11-5-4-6-12-19)33-31-34(28(26)22-14-8-10-16-24(22)37-2)29(35)25(39-31)17-20-18-32-23-15-9-7-13-21(20)23/h4-18,28,32H,3H2,1-2H3/b25-17-. The first-order valence-corrected chi connectivity index (χ1v) is 13.4. The normalized spacial score (nSPS) is 15.2. The Kier molecular flexibility index (Phi) is 6.46. The van der Waals surface area contributed by atoms with Gasteiger partial charge >= 0.3 is 5.97 Å². The number of hydrogen-bond donors (Lipinski definition) is 1. The van der Waals surface area contributed by atoms with Crippen LogP contribution in [0.4, 0.5) is 0 Å². The molecule has 1 N–H and O–H groups in total. The summed E-state index contributed by atoms with van der Waals surface area (Å²) < 4.78 is 13.3. The number of para-hydroxylation sites is 2. The monoisotopic (exact) mass is 535 g/mol. The molecule has 0 bridgehead atoms. The minimum Gasteiger partial charge on any atom is -0.496 e. The molecular formula is C31H25N3O4S. The van der Waals surface area contributed by atoms with Gasteiger partial charge in [-0.1, -0.05) is 78.1 Å². The predicted molar refractivity (Wildman–Crippen MR) is 152 cm³/mol. The minimum absolute atomic E-state index is 0.189. The fraction of sp³-hybridized carbons (Fsp3) is 0.129. The Morgan fingerprint density at radius 3 is 2.59 bits per heavy atom. The zero-order chi connectivity index (χ0) is 26.9. The lowest BCUT2D eigenvalue weighted by Crippen LogP contribution is -2.40. The van der Waals surface area contributed by atoms with Gasteiger partial charge in [-0.2, -0.15) is 0 Å². The first-order valence-electron chi connectivity index (χ1n) is 12.6. The Morgan fingerprint density at radius 1 is 1.05 bits per heavy atom. The number of nitrogens with zero attached hydrogens (tertiary/aromatic N) is 2. The van der Waals surface area contributed by atoms with Crippen LogP contribution in [-0.2, 0) is 9.53 Å². The Balaban J connectivity index is 1.68. The molecule has 0 saturated heterocycles. The molecule has 0 saturated carbocycles. The van der Waals surface area contributed by atoms with Gasteiger partial charge in [0.05, 0.1) is 29.5 Å². The summed E-state index contributed by atoms with van der Waals surface area (Å²) in [6.45, 7) is 1.95.